The first-order valence-electron chi connectivity index (χ1n) is 10.1. The molecule has 3 aliphatic rings. The second-order valence-corrected chi connectivity index (χ2v) is 8.15. The molecular weight excluding hydrogens is 430 g/mol. The van der Waals surface area contributed by atoms with Gasteiger partial charge in [-0.1, -0.05) is 29.8 Å². The van der Waals surface area contributed by atoms with Gasteiger partial charge in [-0.15, -0.1) is 0 Å². The predicted octanol–water partition coefficient (Wildman–Crippen LogP) is 3.21. The van der Waals surface area contributed by atoms with Gasteiger partial charge >= 0.3 is 0 Å². The molecule has 4 N–H and O–H groups in total. The van der Waals surface area contributed by atoms with E-state index >= 15 is 0 Å². The Morgan fingerprint density at radius 3 is 2.72 bits per heavy atom. The summed E-state index contributed by atoms with van der Waals surface area (Å²) in [6, 6.07) is 14.1. The summed E-state index contributed by atoms with van der Waals surface area (Å²) < 4.78 is 3.12. The van der Waals surface area contributed by atoms with Crippen LogP contribution in [0, 0.1) is 0 Å². The maximum absolute atomic E-state index is 13.5. The average Bonchev–Trinajstić information content (AvgIpc) is 3.30. The molecule has 6 rings (SSSR count). The van der Waals surface area contributed by atoms with Gasteiger partial charge in [0, 0.05) is 12.7 Å². The largest absolute Gasteiger partial charge is 0.507 e. The SMILES string of the molecule is Nc1nc(N2CC[C@H]2c2nn3ccc(Cl)c3c(=O)n2-c2ccccc2)c2c(O)ccc-2[nH]1. The van der Waals surface area contributed by atoms with Crippen LogP contribution in [0.25, 0.3) is 22.5 Å². The van der Waals surface area contributed by atoms with E-state index < -0.39 is 0 Å². The van der Waals surface area contributed by atoms with E-state index in [0.29, 0.717) is 45.7 Å². The van der Waals surface area contributed by atoms with Crippen LogP contribution in [0.2, 0.25) is 5.02 Å². The van der Waals surface area contributed by atoms with Crippen molar-refractivity contribution in [3.63, 3.8) is 0 Å². The number of hydrogen-bond donors (Lipinski definition) is 3. The number of aromatic nitrogens is 5. The molecule has 1 saturated heterocycles. The van der Waals surface area contributed by atoms with Crippen LogP contribution in [0.1, 0.15) is 18.3 Å². The van der Waals surface area contributed by atoms with Gasteiger partial charge in [0.25, 0.3) is 5.56 Å². The molecular formula is C22H18ClN7O2. The van der Waals surface area contributed by atoms with Gasteiger partial charge in [-0.3, -0.25) is 9.36 Å². The zero-order valence-electron chi connectivity index (χ0n) is 16.7. The lowest BCUT2D eigenvalue weighted by Gasteiger charge is -2.42. The third-order valence-electron chi connectivity index (χ3n) is 5.91. The Bertz CT molecular complexity index is 1500. The van der Waals surface area contributed by atoms with Gasteiger partial charge < -0.3 is 20.7 Å². The van der Waals surface area contributed by atoms with Gasteiger partial charge in [-0.05, 0) is 36.8 Å². The number of nitrogen functional groups attached to an aromatic ring is 1. The topological polar surface area (TPSA) is 117 Å². The minimum Gasteiger partial charge on any atom is -0.507 e. The van der Waals surface area contributed by atoms with Crippen molar-refractivity contribution in [2.75, 3.05) is 17.2 Å². The van der Waals surface area contributed by atoms with Crippen LogP contribution in [0.5, 0.6) is 5.75 Å². The number of H-pyrrole nitrogens is 1. The smallest absolute Gasteiger partial charge is 0.284 e. The maximum Gasteiger partial charge on any atom is 0.284 e. The van der Waals surface area contributed by atoms with Crippen LogP contribution in [0.15, 0.2) is 59.5 Å². The summed E-state index contributed by atoms with van der Waals surface area (Å²) in [5.41, 5.74) is 8.03. The number of fused-ring (bicyclic) bond motifs is 2. The van der Waals surface area contributed by atoms with Gasteiger partial charge in [0.15, 0.2) is 11.8 Å². The molecule has 1 atom stereocenters. The molecule has 0 spiro atoms. The number of benzene rings is 1. The second-order valence-electron chi connectivity index (χ2n) is 7.74. The molecule has 4 heterocycles. The number of nitrogens with zero attached hydrogens (tertiary/aromatic N) is 5. The van der Waals surface area contributed by atoms with Crippen molar-refractivity contribution in [1.82, 2.24) is 24.1 Å². The number of nitrogens with one attached hydrogen (secondary N) is 1. The summed E-state index contributed by atoms with van der Waals surface area (Å²) in [6.45, 7) is 0.677. The number of halogens is 1. The normalized spacial score (nSPS) is 16.0. The van der Waals surface area contributed by atoms with Gasteiger partial charge in [-0.25, -0.2) is 4.52 Å². The molecule has 1 aliphatic carbocycles. The predicted molar refractivity (Wildman–Crippen MR) is 122 cm³/mol. The van der Waals surface area contributed by atoms with E-state index in [1.165, 1.54) is 4.52 Å². The highest BCUT2D eigenvalue weighted by Gasteiger charge is 2.38. The summed E-state index contributed by atoms with van der Waals surface area (Å²) in [6.07, 6.45) is 2.43. The van der Waals surface area contributed by atoms with E-state index in [1.54, 1.807) is 29.0 Å². The van der Waals surface area contributed by atoms with Crippen LogP contribution in [-0.2, 0) is 0 Å². The molecule has 9 nitrogen and oxygen atoms in total. The van der Waals surface area contributed by atoms with E-state index in [9.17, 15) is 9.90 Å². The summed E-state index contributed by atoms with van der Waals surface area (Å²) in [7, 11) is 0. The zero-order chi connectivity index (χ0) is 22.0. The first kappa shape index (κ1) is 18.8. The molecule has 0 bridgehead atoms. The summed E-state index contributed by atoms with van der Waals surface area (Å²) in [5, 5.41) is 15.5. The summed E-state index contributed by atoms with van der Waals surface area (Å²) in [4.78, 5) is 23.0. The third-order valence-corrected chi connectivity index (χ3v) is 6.22. The Labute approximate surface area is 186 Å². The number of hydrogen-bond acceptors (Lipinski definition) is 6. The quantitative estimate of drug-likeness (QED) is 0.391. The fraction of sp³-hybridized carbons (Fsp3) is 0.136. The molecule has 10 heteroatoms. The molecule has 0 unspecified atom stereocenters. The lowest BCUT2D eigenvalue weighted by atomic mass is 10.0. The molecule has 1 aromatic carbocycles. The van der Waals surface area contributed by atoms with Crippen LogP contribution in [0.4, 0.5) is 11.8 Å². The van der Waals surface area contributed by atoms with Crippen molar-refractivity contribution in [2.24, 2.45) is 0 Å². The molecule has 160 valence electrons. The van der Waals surface area contributed by atoms with Gasteiger partial charge in [-0.2, -0.15) is 10.1 Å². The standard InChI is InChI=1S/C22H18ClN7O2/c23-13-8-11-29-18(13)21(32)30(12-4-2-1-3-5-12)19(27-29)15-9-10-28(15)20-17-14(6-7-16(17)31)25-22(24)26-20/h1-8,11,15,31H,9-10H2,(H3,24,25,26)/t15-/m0/s1. The minimum atomic E-state index is -0.252. The molecule has 3 aromatic rings. The van der Waals surface area contributed by atoms with E-state index in [4.69, 9.17) is 22.4 Å². The highest BCUT2D eigenvalue weighted by atomic mass is 35.5. The number of rotatable bonds is 3. The Hall–Kier alpha value is -3.98. The summed E-state index contributed by atoms with van der Waals surface area (Å²) >= 11 is 6.29. The monoisotopic (exact) mass is 447 g/mol. The highest BCUT2D eigenvalue weighted by Crippen LogP contribution is 2.45. The number of para-hydroxylation sites is 1. The van der Waals surface area contributed by atoms with E-state index in [2.05, 4.69) is 9.97 Å². The van der Waals surface area contributed by atoms with Gasteiger partial charge in [0.2, 0.25) is 0 Å². The maximum atomic E-state index is 13.5. The van der Waals surface area contributed by atoms with Crippen molar-refractivity contribution in [2.45, 2.75) is 12.5 Å². The minimum absolute atomic E-state index is 0.116. The van der Waals surface area contributed by atoms with E-state index in [1.807, 2.05) is 35.2 Å². The average molecular weight is 448 g/mol. The van der Waals surface area contributed by atoms with Gasteiger partial charge in [0.1, 0.15) is 17.1 Å². The van der Waals surface area contributed by atoms with Crippen LogP contribution < -0.4 is 16.2 Å². The Kier molecular flexibility index (Phi) is 3.96. The zero-order valence-corrected chi connectivity index (χ0v) is 17.5. The number of aromatic amines is 1. The van der Waals surface area contributed by atoms with E-state index in [-0.39, 0.29) is 23.3 Å². The molecule has 2 aromatic heterocycles. The molecule has 0 amide bonds. The third kappa shape index (κ3) is 2.61. The van der Waals surface area contributed by atoms with Crippen molar-refractivity contribution in [3.8, 4) is 22.7 Å². The summed E-state index contributed by atoms with van der Waals surface area (Å²) in [5.74, 6) is 1.46. The van der Waals surface area contributed by atoms with E-state index in [0.717, 1.165) is 6.42 Å². The second kappa shape index (κ2) is 6.76. The first-order chi connectivity index (χ1) is 15.5. The van der Waals surface area contributed by atoms with Crippen molar-refractivity contribution in [1.29, 1.82) is 0 Å². The lowest BCUT2D eigenvalue weighted by molar-refractivity contribution is 0.422. The van der Waals surface area contributed by atoms with Crippen molar-refractivity contribution in [3.05, 3.63) is 75.9 Å². The fourth-order valence-electron chi connectivity index (χ4n) is 4.35. The fourth-order valence-corrected chi connectivity index (χ4v) is 4.57. The number of anilines is 2. The highest BCUT2D eigenvalue weighted by molar-refractivity contribution is 6.33. The van der Waals surface area contributed by atoms with Crippen LogP contribution >= 0.6 is 11.6 Å². The number of nitrogens with two attached hydrogens (primary N) is 1. The van der Waals surface area contributed by atoms with Crippen LogP contribution in [-0.4, -0.2) is 35.8 Å². The molecule has 1 fully saturated rings. The Morgan fingerprint density at radius 2 is 1.97 bits per heavy atom. The molecule has 2 aliphatic heterocycles. The molecule has 32 heavy (non-hydrogen) atoms. The van der Waals surface area contributed by atoms with Crippen molar-refractivity contribution < 1.29 is 5.11 Å². The lowest BCUT2D eigenvalue weighted by Crippen LogP contribution is -2.45. The molecule has 0 radical (unpaired) electrons. The first-order valence-corrected chi connectivity index (χ1v) is 10.5. The molecule has 0 saturated carbocycles. The Balaban J connectivity index is 1.57. The Morgan fingerprint density at radius 1 is 1.16 bits per heavy atom. The van der Waals surface area contributed by atoms with Crippen LogP contribution in [0.3, 0.4) is 0 Å². The van der Waals surface area contributed by atoms with Gasteiger partial charge in [0.05, 0.1) is 28.0 Å². The number of aromatic hydroxyl groups is 1. The van der Waals surface area contributed by atoms with Crippen molar-refractivity contribution >= 4 is 28.9 Å².